The lowest BCUT2D eigenvalue weighted by Crippen LogP contribution is -2.31. The number of aromatic nitrogens is 2. The molecule has 1 heterocycles. The Kier molecular flexibility index (Phi) is 2.66. The third-order valence-electron chi connectivity index (χ3n) is 3.48. The molecule has 1 aromatic rings. The fourth-order valence-corrected chi connectivity index (χ4v) is 1.93. The van der Waals surface area contributed by atoms with E-state index in [1.165, 1.54) is 0 Å². The van der Waals surface area contributed by atoms with E-state index < -0.39 is 5.41 Å². The Labute approximate surface area is 100 Å². The van der Waals surface area contributed by atoms with E-state index in [1.54, 1.807) is 4.68 Å². The van der Waals surface area contributed by atoms with Crippen molar-refractivity contribution < 1.29 is 4.79 Å². The molecule has 17 heavy (non-hydrogen) atoms. The summed E-state index contributed by atoms with van der Waals surface area (Å²) in [5, 5.41) is 16.0. The summed E-state index contributed by atoms with van der Waals surface area (Å²) in [6, 6.07) is 2.09. The van der Waals surface area contributed by atoms with Gasteiger partial charge in [0.1, 0.15) is 5.41 Å². The molecule has 1 aromatic heterocycles. The molecule has 5 nitrogen and oxygen atoms in total. The van der Waals surface area contributed by atoms with Gasteiger partial charge in [0.15, 0.2) is 0 Å². The largest absolute Gasteiger partial charge is 0.350 e. The average molecular weight is 232 g/mol. The molecule has 1 amide bonds. The minimum absolute atomic E-state index is 0.150. The Hall–Kier alpha value is -1.83. The van der Waals surface area contributed by atoms with Crippen LogP contribution in [0.5, 0.6) is 0 Å². The first-order valence-corrected chi connectivity index (χ1v) is 5.69. The molecule has 5 heteroatoms. The van der Waals surface area contributed by atoms with Gasteiger partial charge in [-0.15, -0.1) is 0 Å². The van der Waals surface area contributed by atoms with Crippen LogP contribution in [0.2, 0.25) is 0 Å². The van der Waals surface area contributed by atoms with E-state index in [1.807, 2.05) is 20.9 Å². The van der Waals surface area contributed by atoms with Crippen LogP contribution < -0.4 is 5.32 Å². The first-order chi connectivity index (χ1) is 8.00. The zero-order valence-electron chi connectivity index (χ0n) is 10.4. The standard InChI is InChI=1S/C12H16N4O/c1-8-10(9(2)16(3)15-8)6-14-11(17)12(7-13)4-5-12/h4-6H2,1-3H3,(H,14,17). The number of amides is 1. The molecule has 0 aliphatic heterocycles. The molecule has 0 saturated heterocycles. The fraction of sp³-hybridized carbons (Fsp3) is 0.583. The molecule has 90 valence electrons. The zero-order valence-corrected chi connectivity index (χ0v) is 10.4. The van der Waals surface area contributed by atoms with Crippen molar-refractivity contribution in [3.8, 4) is 6.07 Å². The SMILES string of the molecule is Cc1nn(C)c(C)c1CNC(=O)C1(C#N)CC1. The number of hydrogen-bond acceptors (Lipinski definition) is 3. The quantitative estimate of drug-likeness (QED) is 0.843. The highest BCUT2D eigenvalue weighted by atomic mass is 16.2. The van der Waals surface area contributed by atoms with Crippen molar-refractivity contribution in [2.75, 3.05) is 0 Å². The van der Waals surface area contributed by atoms with Crippen LogP contribution in [0.3, 0.4) is 0 Å². The Morgan fingerprint density at radius 1 is 1.59 bits per heavy atom. The summed E-state index contributed by atoms with van der Waals surface area (Å²) in [6.45, 7) is 4.35. The van der Waals surface area contributed by atoms with Crippen LogP contribution in [0.25, 0.3) is 0 Å². The topological polar surface area (TPSA) is 70.7 Å². The number of hydrogen-bond donors (Lipinski definition) is 1. The predicted octanol–water partition coefficient (Wildman–Crippen LogP) is 0.957. The minimum Gasteiger partial charge on any atom is -0.350 e. The zero-order chi connectivity index (χ0) is 12.6. The highest BCUT2D eigenvalue weighted by Gasteiger charge is 2.50. The maximum Gasteiger partial charge on any atom is 0.240 e. The van der Waals surface area contributed by atoms with Crippen LogP contribution in [-0.2, 0) is 18.4 Å². The van der Waals surface area contributed by atoms with E-state index >= 15 is 0 Å². The molecule has 1 fully saturated rings. The van der Waals surface area contributed by atoms with E-state index in [9.17, 15) is 4.79 Å². The number of carbonyl (C=O) groups excluding carboxylic acids is 1. The number of nitrogens with one attached hydrogen (secondary N) is 1. The molecule has 1 saturated carbocycles. The number of rotatable bonds is 3. The highest BCUT2D eigenvalue weighted by Crippen LogP contribution is 2.45. The van der Waals surface area contributed by atoms with Crippen LogP contribution in [0, 0.1) is 30.6 Å². The van der Waals surface area contributed by atoms with Gasteiger partial charge in [-0.25, -0.2) is 0 Å². The van der Waals surface area contributed by atoms with E-state index in [4.69, 9.17) is 5.26 Å². The Morgan fingerprint density at radius 2 is 2.24 bits per heavy atom. The molecule has 0 radical (unpaired) electrons. The van der Waals surface area contributed by atoms with Gasteiger partial charge in [-0.3, -0.25) is 9.48 Å². The van der Waals surface area contributed by atoms with Crippen molar-refractivity contribution in [1.82, 2.24) is 15.1 Å². The van der Waals surface area contributed by atoms with Crippen molar-refractivity contribution in [2.45, 2.75) is 33.2 Å². The third kappa shape index (κ3) is 1.91. The second-order valence-corrected chi connectivity index (χ2v) is 4.65. The molecular formula is C12H16N4O. The summed E-state index contributed by atoms with van der Waals surface area (Å²) in [6.07, 6.45) is 1.36. The van der Waals surface area contributed by atoms with Gasteiger partial charge in [-0.05, 0) is 26.7 Å². The maximum absolute atomic E-state index is 11.8. The lowest BCUT2D eigenvalue weighted by molar-refractivity contribution is -0.124. The molecule has 0 unspecified atom stereocenters. The van der Waals surface area contributed by atoms with Crippen LogP contribution >= 0.6 is 0 Å². The number of aryl methyl sites for hydroxylation is 2. The van der Waals surface area contributed by atoms with E-state index in [0.29, 0.717) is 19.4 Å². The first kappa shape index (κ1) is 11.6. The monoisotopic (exact) mass is 232 g/mol. The number of nitrogens with zero attached hydrogens (tertiary/aromatic N) is 3. The van der Waals surface area contributed by atoms with Gasteiger partial charge in [0, 0.05) is 24.8 Å². The second kappa shape index (κ2) is 3.88. The van der Waals surface area contributed by atoms with Crippen molar-refractivity contribution in [1.29, 1.82) is 5.26 Å². The Balaban J connectivity index is 2.04. The normalized spacial score (nSPS) is 16.4. The smallest absolute Gasteiger partial charge is 0.240 e. The van der Waals surface area contributed by atoms with E-state index in [2.05, 4.69) is 16.5 Å². The fourth-order valence-electron chi connectivity index (χ4n) is 1.93. The van der Waals surface area contributed by atoms with Gasteiger partial charge in [0.05, 0.1) is 11.8 Å². The summed E-state index contributed by atoms with van der Waals surface area (Å²) in [7, 11) is 1.88. The van der Waals surface area contributed by atoms with Gasteiger partial charge in [-0.2, -0.15) is 10.4 Å². The maximum atomic E-state index is 11.8. The van der Waals surface area contributed by atoms with Crippen molar-refractivity contribution >= 4 is 5.91 Å². The van der Waals surface area contributed by atoms with Gasteiger partial charge in [-0.1, -0.05) is 0 Å². The first-order valence-electron chi connectivity index (χ1n) is 5.69. The number of nitriles is 1. The van der Waals surface area contributed by atoms with Crippen LogP contribution in [0.1, 0.15) is 29.8 Å². The van der Waals surface area contributed by atoms with Crippen molar-refractivity contribution in [3.63, 3.8) is 0 Å². The van der Waals surface area contributed by atoms with Crippen LogP contribution in [0.4, 0.5) is 0 Å². The highest BCUT2D eigenvalue weighted by molar-refractivity contribution is 5.88. The van der Waals surface area contributed by atoms with E-state index in [0.717, 1.165) is 17.0 Å². The molecule has 1 aliphatic carbocycles. The Morgan fingerprint density at radius 3 is 2.65 bits per heavy atom. The second-order valence-electron chi connectivity index (χ2n) is 4.65. The average Bonchev–Trinajstić information content (AvgIpc) is 3.04. The predicted molar refractivity (Wildman–Crippen MR) is 61.8 cm³/mol. The molecule has 0 bridgehead atoms. The van der Waals surface area contributed by atoms with Crippen molar-refractivity contribution in [3.05, 3.63) is 17.0 Å². The van der Waals surface area contributed by atoms with E-state index in [-0.39, 0.29) is 5.91 Å². The van der Waals surface area contributed by atoms with Gasteiger partial charge >= 0.3 is 0 Å². The minimum atomic E-state index is -0.746. The van der Waals surface area contributed by atoms with Crippen LogP contribution in [-0.4, -0.2) is 15.7 Å². The third-order valence-corrected chi connectivity index (χ3v) is 3.48. The Bertz CT molecular complexity index is 505. The molecule has 0 aromatic carbocycles. The molecule has 0 atom stereocenters. The molecular weight excluding hydrogens is 216 g/mol. The van der Waals surface area contributed by atoms with Gasteiger partial charge in [0.2, 0.25) is 5.91 Å². The molecule has 2 rings (SSSR count). The molecule has 1 aliphatic rings. The lowest BCUT2D eigenvalue weighted by Gasteiger charge is -2.08. The summed E-state index contributed by atoms with van der Waals surface area (Å²) in [5.41, 5.74) is 2.26. The lowest BCUT2D eigenvalue weighted by atomic mass is 10.1. The van der Waals surface area contributed by atoms with Crippen LogP contribution in [0.15, 0.2) is 0 Å². The molecule has 1 N–H and O–H groups in total. The van der Waals surface area contributed by atoms with Gasteiger partial charge < -0.3 is 5.32 Å². The van der Waals surface area contributed by atoms with Gasteiger partial charge in [0.25, 0.3) is 0 Å². The summed E-state index contributed by atoms with van der Waals surface area (Å²) in [5.74, 6) is -0.150. The summed E-state index contributed by atoms with van der Waals surface area (Å²) < 4.78 is 1.80. The summed E-state index contributed by atoms with van der Waals surface area (Å²) >= 11 is 0. The molecule has 0 spiro atoms. The number of carbonyl (C=O) groups is 1. The summed E-state index contributed by atoms with van der Waals surface area (Å²) in [4.78, 5) is 11.8. The van der Waals surface area contributed by atoms with Crippen molar-refractivity contribution in [2.24, 2.45) is 12.5 Å².